The molecule has 0 amide bonds. The molecule has 0 N–H and O–H groups in total. The zero-order valence-corrected chi connectivity index (χ0v) is 16.1. The molecule has 0 aliphatic carbocycles. The summed E-state index contributed by atoms with van der Waals surface area (Å²) in [7, 11) is 1.80. The van der Waals surface area contributed by atoms with Crippen LogP contribution in [0.15, 0.2) is 91.2 Å². The highest BCUT2D eigenvalue weighted by Gasteiger charge is 2.27. The molecule has 0 unspecified atom stereocenters. The lowest BCUT2D eigenvalue weighted by Crippen LogP contribution is -2.12. The van der Waals surface area contributed by atoms with E-state index in [0.29, 0.717) is 11.3 Å². The predicted molar refractivity (Wildman–Crippen MR) is 109 cm³/mol. The first-order valence-corrected chi connectivity index (χ1v) is 8.55. The SMILES string of the molecule is C=C(/C=C\N(C)C(=C)c1cccc(CC(F)(F)F)c1)/C=C/C(C)=C/C=C\C. The van der Waals surface area contributed by atoms with Gasteiger partial charge in [0, 0.05) is 18.9 Å². The van der Waals surface area contributed by atoms with Crippen LogP contribution in [0, 0.1) is 0 Å². The quantitative estimate of drug-likeness (QED) is 0.451. The van der Waals surface area contributed by atoms with Gasteiger partial charge < -0.3 is 4.90 Å². The number of alkyl halides is 3. The van der Waals surface area contributed by atoms with Crippen molar-refractivity contribution < 1.29 is 13.2 Å². The Kier molecular flexibility index (Phi) is 8.60. The van der Waals surface area contributed by atoms with Gasteiger partial charge in [0.1, 0.15) is 0 Å². The summed E-state index contributed by atoms with van der Waals surface area (Å²) in [5.41, 5.74) is 3.37. The maximum atomic E-state index is 12.6. The van der Waals surface area contributed by atoms with Crippen LogP contribution in [-0.2, 0) is 6.42 Å². The van der Waals surface area contributed by atoms with Crippen molar-refractivity contribution in [3.8, 4) is 0 Å². The minimum atomic E-state index is -4.23. The molecule has 0 fully saturated rings. The Labute approximate surface area is 160 Å². The molecule has 1 nitrogen and oxygen atoms in total. The first-order chi connectivity index (χ1) is 12.6. The van der Waals surface area contributed by atoms with Crippen LogP contribution in [0.25, 0.3) is 5.70 Å². The van der Waals surface area contributed by atoms with Gasteiger partial charge >= 0.3 is 6.18 Å². The molecule has 144 valence electrons. The minimum Gasteiger partial charge on any atom is -0.351 e. The van der Waals surface area contributed by atoms with Crippen molar-refractivity contribution in [3.63, 3.8) is 0 Å². The van der Waals surface area contributed by atoms with Crippen molar-refractivity contribution in [1.29, 1.82) is 0 Å². The standard InChI is InChI=1S/C23H26F3N/c1-6-7-9-18(2)12-13-19(3)14-15-27(5)20(4)22-11-8-10-21(16-22)17-23(24,25)26/h6-16H,3-4,17H2,1-2,5H3/b7-6-,13-12+,15-14-,18-9+. The van der Waals surface area contributed by atoms with E-state index < -0.39 is 12.6 Å². The van der Waals surface area contributed by atoms with Gasteiger partial charge in [-0.1, -0.05) is 67.3 Å². The molecule has 0 radical (unpaired) electrons. The molecule has 0 aliphatic rings. The van der Waals surface area contributed by atoms with E-state index in [0.717, 1.165) is 11.1 Å². The summed E-state index contributed by atoms with van der Waals surface area (Å²) in [6.45, 7) is 11.9. The summed E-state index contributed by atoms with van der Waals surface area (Å²) in [5, 5.41) is 0. The third-order valence-electron chi connectivity index (χ3n) is 3.71. The van der Waals surface area contributed by atoms with Crippen molar-refractivity contribution in [3.05, 3.63) is 102 Å². The fourth-order valence-electron chi connectivity index (χ4n) is 2.19. The monoisotopic (exact) mass is 373 g/mol. The average molecular weight is 373 g/mol. The van der Waals surface area contributed by atoms with Gasteiger partial charge in [-0.15, -0.1) is 0 Å². The minimum absolute atomic E-state index is 0.217. The molecule has 0 heterocycles. The van der Waals surface area contributed by atoms with Gasteiger partial charge in [0.25, 0.3) is 0 Å². The van der Waals surface area contributed by atoms with Crippen LogP contribution in [0.2, 0.25) is 0 Å². The molecule has 0 bridgehead atoms. The van der Waals surface area contributed by atoms with Crippen molar-refractivity contribution >= 4 is 5.70 Å². The van der Waals surface area contributed by atoms with Crippen molar-refractivity contribution in [2.24, 2.45) is 0 Å². The first-order valence-electron chi connectivity index (χ1n) is 8.55. The lowest BCUT2D eigenvalue weighted by atomic mass is 10.1. The maximum Gasteiger partial charge on any atom is 0.393 e. The molecule has 1 aromatic carbocycles. The second-order valence-electron chi connectivity index (χ2n) is 6.21. The van der Waals surface area contributed by atoms with Gasteiger partial charge in [0.15, 0.2) is 0 Å². The van der Waals surface area contributed by atoms with Crippen LogP contribution >= 0.6 is 0 Å². The van der Waals surface area contributed by atoms with E-state index in [1.807, 2.05) is 50.3 Å². The second-order valence-corrected chi connectivity index (χ2v) is 6.21. The van der Waals surface area contributed by atoms with Crippen molar-refractivity contribution in [1.82, 2.24) is 4.90 Å². The average Bonchev–Trinajstić information content (AvgIpc) is 2.60. The zero-order valence-electron chi connectivity index (χ0n) is 16.1. The fourth-order valence-corrected chi connectivity index (χ4v) is 2.19. The van der Waals surface area contributed by atoms with Crippen molar-refractivity contribution in [2.45, 2.75) is 26.4 Å². The molecule has 0 spiro atoms. The third kappa shape index (κ3) is 8.95. The third-order valence-corrected chi connectivity index (χ3v) is 3.71. The van der Waals surface area contributed by atoms with Gasteiger partial charge in [-0.2, -0.15) is 13.2 Å². The molecule has 0 saturated carbocycles. The number of hydrogen-bond donors (Lipinski definition) is 0. The number of hydrogen-bond acceptors (Lipinski definition) is 1. The van der Waals surface area contributed by atoms with E-state index in [-0.39, 0.29) is 5.56 Å². The van der Waals surface area contributed by atoms with Gasteiger partial charge in [-0.05, 0) is 42.7 Å². The van der Waals surface area contributed by atoms with Crippen LogP contribution in [0.1, 0.15) is 25.0 Å². The predicted octanol–water partition coefficient (Wildman–Crippen LogP) is 6.84. The normalized spacial score (nSPS) is 13.0. The highest BCUT2D eigenvalue weighted by atomic mass is 19.4. The Balaban J connectivity index is 2.76. The van der Waals surface area contributed by atoms with Crippen LogP contribution < -0.4 is 0 Å². The molecule has 1 aromatic rings. The van der Waals surface area contributed by atoms with Crippen LogP contribution in [0.4, 0.5) is 13.2 Å². The molecule has 4 heteroatoms. The largest absolute Gasteiger partial charge is 0.393 e. The molecule has 0 saturated heterocycles. The fraction of sp³-hybridized carbons (Fsp3) is 0.217. The van der Waals surface area contributed by atoms with Gasteiger partial charge in [0.2, 0.25) is 0 Å². The van der Waals surface area contributed by atoms with Crippen LogP contribution in [0.5, 0.6) is 0 Å². The van der Waals surface area contributed by atoms with E-state index >= 15 is 0 Å². The lowest BCUT2D eigenvalue weighted by Gasteiger charge is -2.18. The molecular weight excluding hydrogens is 347 g/mol. The molecule has 0 atom stereocenters. The Morgan fingerprint density at radius 3 is 2.48 bits per heavy atom. The Bertz CT molecular complexity index is 777. The first kappa shape index (κ1) is 22.3. The molecule has 0 aliphatic heterocycles. The Hall–Kier alpha value is -2.75. The van der Waals surface area contributed by atoms with Gasteiger partial charge in [0.05, 0.1) is 6.42 Å². The summed E-state index contributed by atoms with van der Waals surface area (Å²) in [4.78, 5) is 1.76. The summed E-state index contributed by atoms with van der Waals surface area (Å²) in [6.07, 6.45) is 8.20. The number of benzene rings is 1. The number of nitrogens with zero attached hydrogens (tertiary/aromatic N) is 1. The van der Waals surface area contributed by atoms with Crippen LogP contribution in [0.3, 0.4) is 0 Å². The van der Waals surface area contributed by atoms with E-state index in [4.69, 9.17) is 0 Å². The summed E-state index contributed by atoms with van der Waals surface area (Å²) >= 11 is 0. The van der Waals surface area contributed by atoms with E-state index in [1.54, 1.807) is 30.3 Å². The highest BCUT2D eigenvalue weighted by Crippen LogP contribution is 2.24. The molecule has 1 rings (SSSR count). The van der Waals surface area contributed by atoms with Crippen molar-refractivity contribution in [2.75, 3.05) is 7.05 Å². The summed E-state index contributed by atoms with van der Waals surface area (Å²) < 4.78 is 37.7. The van der Waals surface area contributed by atoms with Gasteiger partial charge in [-0.3, -0.25) is 0 Å². The zero-order chi connectivity index (χ0) is 20.4. The number of allylic oxidation sites excluding steroid dienone is 8. The van der Waals surface area contributed by atoms with Crippen LogP contribution in [-0.4, -0.2) is 18.1 Å². The van der Waals surface area contributed by atoms with E-state index in [1.165, 1.54) is 12.1 Å². The van der Waals surface area contributed by atoms with E-state index in [2.05, 4.69) is 13.2 Å². The molecule has 27 heavy (non-hydrogen) atoms. The van der Waals surface area contributed by atoms with Gasteiger partial charge in [-0.25, -0.2) is 0 Å². The molecular formula is C23H26F3N. The molecule has 0 aromatic heterocycles. The van der Waals surface area contributed by atoms with E-state index in [9.17, 15) is 13.2 Å². The highest BCUT2D eigenvalue weighted by molar-refractivity contribution is 5.63. The number of rotatable bonds is 8. The second kappa shape index (κ2) is 10.4. The lowest BCUT2D eigenvalue weighted by molar-refractivity contribution is -0.127. The Morgan fingerprint density at radius 1 is 1.15 bits per heavy atom. The maximum absolute atomic E-state index is 12.6. The summed E-state index contributed by atoms with van der Waals surface area (Å²) in [6, 6.07) is 6.35. The summed E-state index contributed by atoms with van der Waals surface area (Å²) in [5.74, 6) is 0. The number of halogens is 3. The smallest absolute Gasteiger partial charge is 0.351 e. The Morgan fingerprint density at radius 2 is 1.85 bits per heavy atom. The topological polar surface area (TPSA) is 3.24 Å².